The number of carbonyl (C=O) groups excluding carboxylic acids is 1. The van der Waals surface area contributed by atoms with Gasteiger partial charge in [0.1, 0.15) is 11.6 Å². The van der Waals surface area contributed by atoms with Gasteiger partial charge in [-0.15, -0.1) is 0 Å². The first kappa shape index (κ1) is 15.6. The van der Waals surface area contributed by atoms with Crippen LogP contribution >= 0.6 is 0 Å². The minimum Gasteiger partial charge on any atom is -0.493 e. The molecular weight excluding hydrogens is 290 g/mol. The van der Waals surface area contributed by atoms with E-state index in [4.69, 9.17) is 4.74 Å². The summed E-state index contributed by atoms with van der Waals surface area (Å²) in [4.78, 5) is 12.2. The molecule has 0 radical (unpaired) electrons. The van der Waals surface area contributed by atoms with Crippen LogP contribution in [0, 0.1) is 12.8 Å². The van der Waals surface area contributed by atoms with Gasteiger partial charge in [0, 0.05) is 30.5 Å². The van der Waals surface area contributed by atoms with E-state index in [0.29, 0.717) is 18.9 Å². The molecule has 122 valence electrons. The van der Waals surface area contributed by atoms with Crippen molar-refractivity contribution in [3.63, 3.8) is 0 Å². The maximum Gasteiger partial charge on any atom is 0.226 e. The molecule has 0 bridgehead atoms. The van der Waals surface area contributed by atoms with Crippen molar-refractivity contribution in [1.82, 2.24) is 9.78 Å². The van der Waals surface area contributed by atoms with E-state index in [0.717, 1.165) is 28.4 Å². The van der Waals surface area contributed by atoms with Gasteiger partial charge in [-0.1, -0.05) is 32.0 Å². The largest absolute Gasteiger partial charge is 0.493 e. The number of hydrogen-bond acceptors (Lipinski definition) is 3. The Kier molecular flexibility index (Phi) is 4.11. The number of hydrogen-bond donors (Lipinski definition) is 1. The maximum absolute atomic E-state index is 12.2. The van der Waals surface area contributed by atoms with Crippen LogP contribution in [0.4, 0.5) is 5.82 Å². The lowest BCUT2D eigenvalue weighted by molar-refractivity contribution is -0.116. The average molecular weight is 313 g/mol. The number of benzene rings is 1. The summed E-state index contributed by atoms with van der Waals surface area (Å²) in [6, 6.07) is 8.00. The molecule has 0 fully saturated rings. The topological polar surface area (TPSA) is 56.2 Å². The summed E-state index contributed by atoms with van der Waals surface area (Å²) < 4.78 is 7.73. The van der Waals surface area contributed by atoms with Crippen molar-refractivity contribution in [2.45, 2.75) is 33.1 Å². The van der Waals surface area contributed by atoms with Gasteiger partial charge in [-0.3, -0.25) is 9.48 Å². The Labute approximate surface area is 136 Å². The number of amides is 1. The number of nitrogens with one attached hydrogen (secondary N) is 1. The Morgan fingerprint density at radius 1 is 1.39 bits per heavy atom. The van der Waals surface area contributed by atoms with Crippen LogP contribution in [-0.4, -0.2) is 22.3 Å². The van der Waals surface area contributed by atoms with E-state index in [9.17, 15) is 4.79 Å². The van der Waals surface area contributed by atoms with Crippen LogP contribution in [0.25, 0.3) is 0 Å². The molecule has 0 aliphatic carbocycles. The van der Waals surface area contributed by atoms with Crippen LogP contribution < -0.4 is 10.1 Å². The lowest BCUT2D eigenvalue weighted by Gasteiger charge is -2.26. The molecule has 1 aromatic carbocycles. The van der Waals surface area contributed by atoms with Crippen LogP contribution in [-0.2, 0) is 11.8 Å². The van der Waals surface area contributed by atoms with Crippen LogP contribution in [0.1, 0.15) is 43.0 Å². The highest BCUT2D eigenvalue weighted by atomic mass is 16.5. The van der Waals surface area contributed by atoms with Crippen molar-refractivity contribution in [3.8, 4) is 5.75 Å². The molecule has 2 heterocycles. The normalized spacial score (nSPS) is 17.1. The van der Waals surface area contributed by atoms with Crippen LogP contribution in [0.15, 0.2) is 24.3 Å². The second kappa shape index (κ2) is 6.07. The van der Waals surface area contributed by atoms with Gasteiger partial charge in [-0.2, -0.15) is 5.10 Å². The molecule has 1 aliphatic rings. The first-order valence-electron chi connectivity index (χ1n) is 8.02. The Balaban J connectivity index is 2.04. The highest BCUT2D eigenvalue weighted by Crippen LogP contribution is 2.42. The van der Waals surface area contributed by atoms with Crippen molar-refractivity contribution in [2.75, 3.05) is 11.9 Å². The second-order valence-electron chi connectivity index (χ2n) is 6.52. The van der Waals surface area contributed by atoms with E-state index in [1.165, 1.54) is 0 Å². The predicted molar refractivity (Wildman–Crippen MR) is 89.8 cm³/mol. The first-order chi connectivity index (χ1) is 11.0. The molecule has 5 heteroatoms. The van der Waals surface area contributed by atoms with E-state index >= 15 is 0 Å². The summed E-state index contributed by atoms with van der Waals surface area (Å²) in [6.45, 7) is 6.90. The fraction of sp³-hybridized carbons (Fsp3) is 0.444. The van der Waals surface area contributed by atoms with E-state index in [2.05, 4.69) is 30.3 Å². The molecule has 0 spiro atoms. The number of ether oxygens (including phenoxy) is 1. The zero-order valence-corrected chi connectivity index (χ0v) is 14.1. The van der Waals surface area contributed by atoms with Crippen molar-refractivity contribution in [2.24, 2.45) is 13.0 Å². The van der Waals surface area contributed by atoms with Gasteiger partial charge >= 0.3 is 0 Å². The van der Waals surface area contributed by atoms with E-state index < -0.39 is 0 Å². The summed E-state index contributed by atoms with van der Waals surface area (Å²) >= 11 is 0. The predicted octanol–water partition coefficient (Wildman–Crippen LogP) is 3.24. The number of aromatic nitrogens is 2. The standard InChI is InChI=1S/C18H23N3O2/c1-11(2)10-23-15-8-6-5-7-13(15)14-9-16(22)19-18-17(14)12(3)20-21(18)4/h5-8,11,14H,9-10H2,1-4H3,(H,19,22). The number of aryl methyl sites for hydroxylation is 2. The summed E-state index contributed by atoms with van der Waals surface area (Å²) in [5, 5.41) is 7.41. The van der Waals surface area contributed by atoms with Gasteiger partial charge in [0.25, 0.3) is 0 Å². The SMILES string of the molecule is Cc1nn(C)c2c1C(c1ccccc1OCC(C)C)CC(=O)N2. The Bertz CT molecular complexity index is 734. The quantitative estimate of drug-likeness (QED) is 0.943. The van der Waals surface area contributed by atoms with Gasteiger partial charge in [0.05, 0.1) is 12.3 Å². The molecule has 23 heavy (non-hydrogen) atoms. The van der Waals surface area contributed by atoms with Crippen LogP contribution in [0.5, 0.6) is 5.75 Å². The Hall–Kier alpha value is -2.30. The Morgan fingerprint density at radius 2 is 2.13 bits per heavy atom. The number of anilines is 1. The highest BCUT2D eigenvalue weighted by Gasteiger charge is 2.33. The summed E-state index contributed by atoms with van der Waals surface area (Å²) in [6.07, 6.45) is 0.418. The van der Waals surface area contributed by atoms with Crippen molar-refractivity contribution in [1.29, 1.82) is 0 Å². The highest BCUT2D eigenvalue weighted by molar-refractivity contribution is 5.94. The summed E-state index contributed by atoms with van der Waals surface area (Å²) in [7, 11) is 1.86. The fourth-order valence-electron chi connectivity index (χ4n) is 3.13. The molecule has 1 amide bonds. The molecule has 1 N–H and O–H groups in total. The average Bonchev–Trinajstić information content (AvgIpc) is 2.79. The third-order valence-corrected chi connectivity index (χ3v) is 4.13. The minimum absolute atomic E-state index is 0.0177. The molecule has 3 rings (SSSR count). The van der Waals surface area contributed by atoms with Crippen LogP contribution in [0.2, 0.25) is 0 Å². The van der Waals surface area contributed by atoms with Crippen molar-refractivity contribution < 1.29 is 9.53 Å². The second-order valence-corrected chi connectivity index (χ2v) is 6.52. The van der Waals surface area contributed by atoms with E-state index in [-0.39, 0.29) is 11.8 Å². The molecule has 0 saturated carbocycles. The fourth-order valence-corrected chi connectivity index (χ4v) is 3.13. The number of carbonyl (C=O) groups is 1. The van der Waals surface area contributed by atoms with Gasteiger partial charge in [-0.05, 0) is 18.9 Å². The van der Waals surface area contributed by atoms with Gasteiger partial charge < -0.3 is 10.1 Å². The molecule has 1 unspecified atom stereocenters. The first-order valence-corrected chi connectivity index (χ1v) is 8.02. The molecule has 1 atom stereocenters. The molecule has 5 nitrogen and oxygen atoms in total. The third-order valence-electron chi connectivity index (χ3n) is 4.13. The van der Waals surface area contributed by atoms with Gasteiger partial charge in [0.2, 0.25) is 5.91 Å². The third kappa shape index (κ3) is 2.96. The van der Waals surface area contributed by atoms with E-state index in [1.807, 2.05) is 32.2 Å². The van der Waals surface area contributed by atoms with Crippen molar-refractivity contribution in [3.05, 3.63) is 41.1 Å². The zero-order valence-electron chi connectivity index (χ0n) is 14.1. The monoisotopic (exact) mass is 313 g/mol. The smallest absolute Gasteiger partial charge is 0.226 e. The maximum atomic E-state index is 12.2. The lowest BCUT2D eigenvalue weighted by Crippen LogP contribution is -2.25. The van der Waals surface area contributed by atoms with Gasteiger partial charge in [-0.25, -0.2) is 0 Å². The zero-order chi connectivity index (χ0) is 16.6. The lowest BCUT2D eigenvalue weighted by atomic mass is 9.85. The number of rotatable bonds is 4. The molecule has 0 saturated heterocycles. The molecule has 2 aromatic rings. The molecule has 1 aliphatic heterocycles. The molecule has 1 aromatic heterocycles. The summed E-state index contributed by atoms with van der Waals surface area (Å²) in [5.41, 5.74) is 3.10. The minimum atomic E-state index is -0.0178. The van der Waals surface area contributed by atoms with Crippen molar-refractivity contribution >= 4 is 11.7 Å². The number of nitrogens with zero attached hydrogens (tertiary/aromatic N) is 2. The van der Waals surface area contributed by atoms with Crippen LogP contribution in [0.3, 0.4) is 0 Å². The number of fused-ring (bicyclic) bond motifs is 1. The van der Waals surface area contributed by atoms with Gasteiger partial charge in [0.15, 0.2) is 0 Å². The number of para-hydroxylation sites is 1. The van der Waals surface area contributed by atoms with E-state index in [1.54, 1.807) is 4.68 Å². The summed E-state index contributed by atoms with van der Waals surface area (Å²) in [5.74, 6) is 2.10. The molecular formula is C18H23N3O2. The Morgan fingerprint density at radius 3 is 2.87 bits per heavy atom.